The minimum atomic E-state index is -1.05. The van der Waals surface area contributed by atoms with E-state index in [4.69, 9.17) is 9.47 Å². The van der Waals surface area contributed by atoms with Gasteiger partial charge >= 0.3 is 11.9 Å². The molecule has 0 saturated carbocycles. The number of fused-ring (bicyclic) bond motifs is 2. The fourth-order valence-corrected chi connectivity index (χ4v) is 3.11. The van der Waals surface area contributed by atoms with Crippen LogP contribution in [0.25, 0.3) is 0 Å². The number of nitrogens with one attached hydrogen (secondary N) is 1. The molecule has 2 bridgehead atoms. The van der Waals surface area contributed by atoms with Crippen molar-refractivity contribution in [2.45, 2.75) is 25.6 Å². The molecule has 2 heterocycles. The van der Waals surface area contributed by atoms with Crippen molar-refractivity contribution in [3.8, 4) is 0 Å². The number of hydrogen-bond donors (Lipinski definition) is 2. The summed E-state index contributed by atoms with van der Waals surface area (Å²) in [4.78, 5) is 35.7. The molecule has 25 heavy (non-hydrogen) atoms. The van der Waals surface area contributed by atoms with Crippen LogP contribution in [0.1, 0.15) is 23.7 Å². The van der Waals surface area contributed by atoms with E-state index in [2.05, 4.69) is 5.32 Å². The lowest BCUT2D eigenvalue weighted by Gasteiger charge is -2.21. The first-order valence-electron chi connectivity index (χ1n) is 8.16. The van der Waals surface area contributed by atoms with Crippen molar-refractivity contribution in [3.05, 3.63) is 42.0 Å². The van der Waals surface area contributed by atoms with E-state index in [0.29, 0.717) is 17.9 Å². The highest BCUT2D eigenvalue weighted by atomic mass is 16.5. The van der Waals surface area contributed by atoms with Gasteiger partial charge in [0.1, 0.15) is 5.92 Å². The second-order valence-electron chi connectivity index (χ2n) is 6.04. The number of carboxylic acids is 1. The second kappa shape index (κ2) is 7.06. The van der Waals surface area contributed by atoms with Gasteiger partial charge in [-0.1, -0.05) is 19.1 Å². The van der Waals surface area contributed by atoms with Gasteiger partial charge in [0.15, 0.2) is 0 Å². The topological polar surface area (TPSA) is 102 Å². The van der Waals surface area contributed by atoms with Crippen molar-refractivity contribution in [2.24, 2.45) is 11.8 Å². The number of amides is 1. The first-order chi connectivity index (χ1) is 12.0. The molecule has 1 saturated heterocycles. The highest BCUT2D eigenvalue weighted by Gasteiger charge is 2.53. The van der Waals surface area contributed by atoms with Crippen LogP contribution in [-0.4, -0.2) is 41.8 Å². The molecule has 2 aliphatic rings. The van der Waals surface area contributed by atoms with E-state index < -0.39 is 41.9 Å². The van der Waals surface area contributed by atoms with Crippen LogP contribution < -0.4 is 5.32 Å². The Hall–Kier alpha value is -2.67. The van der Waals surface area contributed by atoms with Gasteiger partial charge in [-0.05, 0) is 30.7 Å². The van der Waals surface area contributed by atoms with Crippen molar-refractivity contribution < 1.29 is 29.0 Å². The van der Waals surface area contributed by atoms with Crippen LogP contribution in [0.4, 0.5) is 5.69 Å². The molecule has 1 amide bonds. The van der Waals surface area contributed by atoms with Gasteiger partial charge in [-0.25, -0.2) is 4.79 Å². The van der Waals surface area contributed by atoms with Gasteiger partial charge in [0.25, 0.3) is 0 Å². The molecule has 0 radical (unpaired) electrons. The summed E-state index contributed by atoms with van der Waals surface area (Å²) < 4.78 is 10.5. The van der Waals surface area contributed by atoms with Crippen LogP contribution in [0.5, 0.6) is 0 Å². The second-order valence-corrected chi connectivity index (χ2v) is 6.04. The summed E-state index contributed by atoms with van der Waals surface area (Å²) in [6, 6.07) is 6.28. The van der Waals surface area contributed by atoms with Crippen molar-refractivity contribution in [3.63, 3.8) is 0 Å². The van der Waals surface area contributed by atoms with Gasteiger partial charge in [0, 0.05) is 5.69 Å². The largest absolute Gasteiger partial charge is 0.481 e. The van der Waals surface area contributed by atoms with Crippen LogP contribution in [0.3, 0.4) is 0 Å². The Kier molecular flexibility index (Phi) is 4.85. The quantitative estimate of drug-likeness (QED) is 0.603. The Morgan fingerprint density at radius 2 is 1.76 bits per heavy atom. The Morgan fingerprint density at radius 1 is 1.12 bits per heavy atom. The SMILES string of the molecule is CCCOC(=O)c1ccc(NC(=O)[C@@H]2[C@@H](C(=O)O)[C@H]3C=C[C@H]2O3)cc1. The zero-order chi connectivity index (χ0) is 18.0. The first kappa shape index (κ1) is 17.2. The lowest BCUT2D eigenvalue weighted by molar-refractivity contribution is -0.145. The van der Waals surface area contributed by atoms with Crippen molar-refractivity contribution >= 4 is 23.5 Å². The Bertz CT molecular complexity index is 711. The van der Waals surface area contributed by atoms with E-state index >= 15 is 0 Å². The Balaban J connectivity index is 1.66. The third kappa shape index (κ3) is 3.41. The third-order valence-electron chi connectivity index (χ3n) is 4.31. The molecule has 4 atom stereocenters. The predicted octanol–water partition coefficient (Wildman–Crippen LogP) is 1.85. The van der Waals surface area contributed by atoms with Gasteiger partial charge in [-0.3, -0.25) is 9.59 Å². The number of aliphatic carboxylic acids is 1. The lowest BCUT2D eigenvalue weighted by atomic mass is 9.82. The Labute approximate surface area is 144 Å². The van der Waals surface area contributed by atoms with Crippen LogP contribution >= 0.6 is 0 Å². The summed E-state index contributed by atoms with van der Waals surface area (Å²) in [7, 11) is 0. The van der Waals surface area contributed by atoms with Crippen LogP contribution in [0.15, 0.2) is 36.4 Å². The average Bonchev–Trinajstić information content (AvgIpc) is 3.21. The molecule has 1 aromatic carbocycles. The monoisotopic (exact) mass is 345 g/mol. The summed E-state index contributed by atoms with van der Waals surface area (Å²) in [5.74, 6) is -3.55. The van der Waals surface area contributed by atoms with Crippen molar-refractivity contribution in [2.75, 3.05) is 11.9 Å². The number of rotatable bonds is 6. The van der Waals surface area contributed by atoms with E-state index in [-0.39, 0.29) is 0 Å². The lowest BCUT2D eigenvalue weighted by Crippen LogP contribution is -2.39. The number of carbonyl (C=O) groups excluding carboxylic acids is 2. The number of carbonyl (C=O) groups is 3. The minimum absolute atomic E-state index is 0.353. The maximum Gasteiger partial charge on any atom is 0.338 e. The molecular weight excluding hydrogens is 326 g/mol. The van der Waals surface area contributed by atoms with Gasteiger partial charge in [-0.15, -0.1) is 0 Å². The van der Waals surface area contributed by atoms with Gasteiger partial charge in [-0.2, -0.15) is 0 Å². The zero-order valence-electron chi connectivity index (χ0n) is 13.7. The fraction of sp³-hybridized carbons (Fsp3) is 0.389. The molecule has 2 aliphatic heterocycles. The number of esters is 1. The van der Waals surface area contributed by atoms with E-state index in [9.17, 15) is 19.5 Å². The molecule has 0 unspecified atom stereocenters. The molecular formula is C18H19NO6. The van der Waals surface area contributed by atoms with Gasteiger partial charge < -0.3 is 19.9 Å². The number of anilines is 1. The number of hydrogen-bond acceptors (Lipinski definition) is 5. The molecule has 1 fully saturated rings. The molecule has 0 aromatic heterocycles. The molecule has 7 heteroatoms. The van der Waals surface area contributed by atoms with Crippen molar-refractivity contribution in [1.29, 1.82) is 0 Å². The molecule has 7 nitrogen and oxygen atoms in total. The molecule has 0 spiro atoms. The van der Waals surface area contributed by atoms with E-state index in [1.807, 2.05) is 6.92 Å². The number of ether oxygens (including phenoxy) is 2. The molecule has 1 aromatic rings. The molecule has 132 valence electrons. The van der Waals surface area contributed by atoms with Crippen LogP contribution in [-0.2, 0) is 19.1 Å². The maximum absolute atomic E-state index is 12.5. The van der Waals surface area contributed by atoms with E-state index in [1.165, 1.54) is 0 Å². The maximum atomic E-state index is 12.5. The fourth-order valence-electron chi connectivity index (χ4n) is 3.11. The van der Waals surface area contributed by atoms with Crippen LogP contribution in [0, 0.1) is 11.8 Å². The van der Waals surface area contributed by atoms with Crippen molar-refractivity contribution in [1.82, 2.24) is 0 Å². The minimum Gasteiger partial charge on any atom is -0.481 e. The molecule has 3 rings (SSSR count). The highest BCUT2D eigenvalue weighted by Crippen LogP contribution is 2.39. The average molecular weight is 345 g/mol. The zero-order valence-corrected chi connectivity index (χ0v) is 13.7. The first-order valence-corrected chi connectivity index (χ1v) is 8.16. The van der Waals surface area contributed by atoms with E-state index in [1.54, 1.807) is 36.4 Å². The highest BCUT2D eigenvalue weighted by molar-refractivity contribution is 5.97. The number of carboxylic acid groups (broad SMARTS) is 1. The standard InChI is InChI=1S/C18H19NO6/c1-2-9-24-18(23)10-3-5-11(6-4-10)19-16(20)14-12-7-8-13(25-12)15(14)17(21)22/h3-8,12-15H,2,9H2,1H3,(H,19,20)(H,21,22)/t12-,13-,14+,15+/m1/s1. The van der Waals surface area contributed by atoms with E-state index in [0.717, 1.165) is 6.42 Å². The van der Waals surface area contributed by atoms with Gasteiger partial charge in [0.05, 0.1) is 30.3 Å². The molecule has 0 aliphatic carbocycles. The molecule has 2 N–H and O–H groups in total. The Morgan fingerprint density at radius 3 is 2.36 bits per heavy atom. The normalized spacial score (nSPS) is 26.4. The summed E-state index contributed by atoms with van der Waals surface area (Å²) in [6.45, 7) is 2.26. The summed E-state index contributed by atoms with van der Waals surface area (Å²) in [5, 5.41) is 12.0. The third-order valence-corrected chi connectivity index (χ3v) is 4.31. The smallest absolute Gasteiger partial charge is 0.338 e. The van der Waals surface area contributed by atoms with Gasteiger partial charge in [0.2, 0.25) is 5.91 Å². The predicted molar refractivity (Wildman–Crippen MR) is 88.1 cm³/mol. The summed E-state index contributed by atoms with van der Waals surface area (Å²) in [5.41, 5.74) is 0.869. The van der Waals surface area contributed by atoms with Crippen LogP contribution in [0.2, 0.25) is 0 Å². The summed E-state index contributed by atoms with van der Waals surface area (Å²) >= 11 is 0. The summed E-state index contributed by atoms with van der Waals surface area (Å²) in [6.07, 6.45) is 3.07. The number of benzene rings is 1.